The molecule has 1 unspecified atom stereocenters. The van der Waals surface area contributed by atoms with Crippen LogP contribution in [0.3, 0.4) is 0 Å². The Kier molecular flexibility index (Phi) is 26.6. The van der Waals surface area contributed by atoms with Gasteiger partial charge >= 0.3 is 35.5 Å². The van der Waals surface area contributed by atoms with Crippen LogP contribution in [0.25, 0.3) is 0 Å². The van der Waals surface area contributed by atoms with Crippen LogP contribution >= 0.6 is 11.8 Å². The number of nitrogens with one attached hydrogen (secondary N) is 1. The molecule has 1 atom stereocenters. The van der Waals surface area contributed by atoms with Gasteiger partial charge in [0.1, 0.15) is 6.04 Å². The average molecular weight is 398 g/mol. The molecule has 0 bridgehead atoms. The van der Waals surface area contributed by atoms with Crippen molar-refractivity contribution in [3.05, 3.63) is 0 Å². The molecule has 0 amide bonds. The molecule has 152 valence electrons. The SMILES string of the molecule is CCCCCCCCCCCCCCCCNC(CCSC)C(=O)O.[H-].[Na+]. The van der Waals surface area contributed by atoms with E-state index >= 15 is 0 Å². The van der Waals surface area contributed by atoms with Gasteiger partial charge in [-0.2, -0.15) is 11.8 Å². The van der Waals surface area contributed by atoms with Gasteiger partial charge in [-0.05, 0) is 31.4 Å². The summed E-state index contributed by atoms with van der Waals surface area (Å²) in [4.78, 5) is 11.1. The zero-order valence-corrected chi connectivity index (χ0v) is 20.7. The minimum Gasteiger partial charge on any atom is -1.00 e. The molecule has 0 aliphatic heterocycles. The van der Waals surface area contributed by atoms with Crippen molar-refractivity contribution in [2.45, 2.75) is 109 Å². The standard InChI is InChI=1S/C21H43NO2S.Na.H/c1-3-4-5-6-7-8-9-10-11-12-13-14-15-16-18-22-20(21(23)24)17-19-25-2;;/h20,22H,3-19H2,1-2H3,(H,23,24);;/q;+1;-1. The predicted molar refractivity (Wildman–Crippen MR) is 114 cm³/mol. The van der Waals surface area contributed by atoms with Crippen LogP contribution in [0.5, 0.6) is 0 Å². The van der Waals surface area contributed by atoms with E-state index in [1.54, 1.807) is 11.8 Å². The molecule has 5 heteroatoms. The second kappa shape index (κ2) is 23.8. The average Bonchev–Trinajstić information content (AvgIpc) is 2.60. The molecule has 0 radical (unpaired) electrons. The number of thioether (sulfide) groups is 1. The first-order valence-corrected chi connectivity index (χ1v) is 12.1. The first-order valence-electron chi connectivity index (χ1n) is 10.7. The van der Waals surface area contributed by atoms with Crippen molar-refractivity contribution in [3.63, 3.8) is 0 Å². The normalized spacial score (nSPS) is 11.9. The maximum atomic E-state index is 11.1. The van der Waals surface area contributed by atoms with Crippen LogP contribution in [0, 0.1) is 0 Å². The first-order chi connectivity index (χ1) is 12.2. The molecule has 0 aliphatic carbocycles. The smallest absolute Gasteiger partial charge is 1.00 e. The van der Waals surface area contributed by atoms with Gasteiger partial charge in [-0.1, -0.05) is 90.4 Å². The molecular weight excluding hydrogens is 353 g/mol. The molecular formula is C21H44NNaO2S. The quantitative estimate of drug-likeness (QED) is 0.244. The fourth-order valence-electron chi connectivity index (χ4n) is 3.14. The monoisotopic (exact) mass is 397 g/mol. The van der Waals surface area contributed by atoms with Gasteiger partial charge in [-0.3, -0.25) is 4.79 Å². The Bertz CT molecular complexity index is 299. The molecule has 0 spiro atoms. The second-order valence-electron chi connectivity index (χ2n) is 7.22. The van der Waals surface area contributed by atoms with E-state index in [9.17, 15) is 4.79 Å². The molecule has 2 N–H and O–H groups in total. The largest absolute Gasteiger partial charge is 1.00 e. The molecule has 0 aromatic carbocycles. The summed E-state index contributed by atoms with van der Waals surface area (Å²) in [5, 5.41) is 12.3. The molecule has 0 heterocycles. The van der Waals surface area contributed by atoms with E-state index in [1.807, 2.05) is 6.26 Å². The van der Waals surface area contributed by atoms with Gasteiger partial charge in [0.25, 0.3) is 0 Å². The number of hydrogen-bond donors (Lipinski definition) is 2. The van der Waals surface area contributed by atoms with Gasteiger partial charge in [0.05, 0.1) is 0 Å². The fourth-order valence-corrected chi connectivity index (χ4v) is 3.62. The van der Waals surface area contributed by atoms with Gasteiger partial charge in [0.2, 0.25) is 0 Å². The summed E-state index contributed by atoms with van der Waals surface area (Å²) >= 11 is 1.71. The van der Waals surface area contributed by atoms with Crippen molar-refractivity contribution in [1.82, 2.24) is 5.32 Å². The summed E-state index contributed by atoms with van der Waals surface area (Å²) < 4.78 is 0. The Morgan fingerprint density at radius 2 is 1.31 bits per heavy atom. The molecule has 0 aromatic rings. The van der Waals surface area contributed by atoms with E-state index in [2.05, 4.69) is 12.2 Å². The van der Waals surface area contributed by atoms with Crippen molar-refractivity contribution < 1.29 is 40.9 Å². The van der Waals surface area contributed by atoms with E-state index in [1.165, 1.54) is 83.5 Å². The zero-order valence-electron chi connectivity index (χ0n) is 18.9. The van der Waals surface area contributed by atoms with Crippen LogP contribution in [-0.4, -0.2) is 35.7 Å². The number of carbonyl (C=O) groups is 1. The summed E-state index contributed by atoms with van der Waals surface area (Å²) in [7, 11) is 0. The Morgan fingerprint density at radius 3 is 1.69 bits per heavy atom. The van der Waals surface area contributed by atoms with Crippen LogP contribution in [-0.2, 0) is 4.79 Å². The Balaban J connectivity index is -0.00000288. The third-order valence-electron chi connectivity index (χ3n) is 4.83. The molecule has 0 saturated heterocycles. The maximum Gasteiger partial charge on any atom is 1.00 e. The Morgan fingerprint density at radius 1 is 0.885 bits per heavy atom. The molecule has 0 aliphatic rings. The van der Waals surface area contributed by atoms with Crippen molar-refractivity contribution in [1.29, 1.82) is 0 Å². The number of carboxylic acids is 1. The number of aliphatic carboxylic acids is 1. The van der Waals surface area contributed by atoms with E-state index in [4.69, 9.17) is 5.11 Å². The van der Waals surface area contributed by atoms with E-state index in [-0.39, 0.29) is 37.0 Å². The van der Waals surface area contributed by atoms with Crippen molar-refractivity contribution in [3.8, 4) is 0 Å². The Labute approximate surface area is 191 Å². The second-order valence-corrected chi connectivity index (χ2v) is 8.21. The van der Waals surface area contributed by atoms with Gasteiger partial charge in [0, 0.05) is 0 Å². The molecule has 0 aromatic heterocycles. The van der Waals surface area contributed by atoms with Crippen LogP contribution in [0.2, 0.25) is 0 Å². The minimum absolute atomic E-state index is 0. The molecule has 0 rings (SSSR count). The molecule has 3 nitrogen and oxygen atoms in total. The fraction of sp³-hybridized carbons (Fsp3) is 0.952. The minimum atomic E-state index is -0.709. The third-order valence-corrected chi connectivity index (χ3v) is 5.47. The van der Waals surface area contributed by atoms with Crippen LogP contribution in [0.4, 0.5) is 0 Å². The summed E-state index contributed by atoms with van der Waals surface area (Å²) in [5.41, 5.74) is 0. The Hall–Kier alpha value is 0.780. The summed E-state index contributed by atoms with van der Waals surface area (Å²) in [5.74, 6) is 0.197. The van der Waals surface area contributed by atoms with Gasteiger partial charge in [0.15, 0.2) is 0 Å². The zero-order chi connectivity index (χ0) is 18.6. The van der Waals surface area contributed by atoms with Crippen molar-refractivity contribution in [2.24, 2.45) is 0 Å². The summed E-state index contributed by atoms with van der Waals surface area (Å²) in [6, 6.07) is -0.366. The first kappa shape index (κ1) is 29.0. The summed E-state index contributed by atoms with van der Waals surface area (Å²) in [6.45, 7) is 3.11. The van der Waals surface area contributed by atoms with Crippen LogP contribution in [0.1, 0.15) is 105 Å². The van der Waals surface area contributed by atoms with E-state index in [0.717, 1.165) is 25.1 Å². The number of hydrogen-bond acceptors (Lipinski definition) is 3. The van der Waals surface area contributed by atoms with E-state index in [0.29, 0.717) is 0 Å². The van der Waals surface area contributed by atoms with Gasteiger partial charge in [-0.25, -0.2) is 0 Å². The maximum absolute atomic E-state index is 11.1. The van der Waals surface area contributed by atoms with Gasteiger partial charge in [-0.15, -0.1) is 0 Å². The number of unbranched alkanes of at least 4 members (excludes halogenated alkanes) is 13. The molecule has 0 fully saturated rings. The topological polar surface area (TPSA) is 49.3 Å². The van der Waals surface area contributed by atoms with Crippen molar-refractivity contribution >= 4 is 17.7 Å². The number of rotatable bonds is 20. The van der Waals surface area contributed by atoms with Crippen LogP contribution in [0.15, 0.2) is 0 Å². The van der Waals surface area contributed by atoms with Gasteiger partial charge < -0.3 is 11.8 Å². The summed E-state index contributed by atoms with van der Waals surface area (Å²) in [6.07, 6.45) is 21.7. The van der Waals surface area contributed by atoms with Crippen molar-refractivity contribution in [2.75, 3.05) is 18.6 Å². The van der Waals surface area contributed by atoms with Crippen LogP contribution < -0.4 is 34.9 Å². The van der Waals surface area contributed by atoms with E-state index < -0.39 is 5.97 Å². The predicted octanol–water partition coefficient (Wildman–Crippen LogP) is 3.38. The molecule has 0 saturated carbocycles. The number of carboxylic acid groups (broad SMARTS) is 1. The third kappa shape index (κ3) is 21.1. The molecule has 26 heavy (non-hydrogen) atoms.